The third kappa shape index (κ3) is 2.80. The van der Waals surface area contributed by atoms with E-state index in [-0.39, 0.29) is 5.92 Å². The van der Waals surface area contributed by atoms with Gasteiger partial charge in [0.05, 0.1) is 19.3 Å². The topological polar surface area (TPSA) is 81.7 Å². The fourth-order valence-corrected chi connectivity index (χ4v) is 1.27. The summed E-state index contributed by atoms with van der Waals surface area (Å²) in [6.45, 7) is 7.31. The Morgan fingerprint density at radius 3 is 2.88 bits per heavy atom. The second kappa shape index (κ2) is 4.94. The minimum atomic E-state index is 0.260. The minimum absolute atomic E-state index is 0.260. The van der Waals surface area contributed by atoms with Crippen molar-refractivity contribution in [2.24, 2.45) is 0 Å². The molecule has 0 spiro atoms. The lowest BCUT2D eigenvalue weighted by Crippen LogP contribution is -2.03. The molecule has 0 atom stereocenters. The van der Waals surface area contributed by atoms with Crippen LogP contribution in [0.2, 0.25) is 0 Å². The molecule has 0 aliphatic heterocycles. The first kappa shape index (κ1) is 11.6. The maximum Gasteiger partial charge on any atom is 0.321 e. The lowest BCUT2D eigenvalue weighted by Gasteiger charge is -1.96. The zero-order chi connectivity index (χ0) is 12.3. The maximum atomic E-state index is 5.05. The van der Waals surface area contributed by atoms with Crippen LogP contribution in [-0.4, -0.2) is 25.1 Å². The van der Waals surface area contributed by atoms with E-state index in [1.54, 1.807) is 11.0 Å². The van der Waals surface area contributed by atoms with Gasteiger partial charge in [0.25, 0.3) is 0 Å². The van der Waals surface area contributed by atoms with Gasteiger partial charge in [0.2, 0.25) is 0 Å². The largest absolute Gasteiger partial charge is 0.332 e. The number of rotatable bonds is 5. The Labute approximate surface area is 99.2 Å². The molecule has 17 heavy (non-hydrogen) atoms. The highest BCUT2D eigenvalue weighted by Crippen LogP contribution is 2.12. The summed E-state index contributed by atoms with van der Waals surface area (Å²) in [4.78, 5) is 5.84. The Hall–Kier alpha value is -1.92. The summed E-state index contributed by atoms with van der Waals surface area (Å²) >= 11 is 0. The number of nitrogens with one attached hydrogen (secondary N) is 1. The molecule has 2 heterocycles. The molecule has 0 amide bonds. The monoisotopic (exact) mass is 236 g/mol. The van der Waals surface area contributed by atoms with Crippen LogP contribution < -0.4 is 5.32 Å². The number of aryl methyl sites for hydroxylation is 1. The predicted molar refractivity (Wildman–Crippen MR) is 61.4 cm³/mol. The molecular formula is C10H16N6O. The van der Waals surface area contributed by atoms with Crippen molar-refractivity contribution in [1.29, 1.82) is 0 Å². The van der Waals surface area contributed by atoms with Gasteiger partial charge in [-0.1, -0.05) is 19.0 Å². The van der Waals surface area contributed by atoms with Crippen molar-refractivity contribution in [3.8, 4) is 0 Å². The Bertz CT molecular complexity index is 475. The van der Waals surface area contributed by atoms with E-state index in [0.29, 0.717) is 18.4 Å². The van der Waals surface area contributed by atoms with Crippen LogP contribution in [0.15, 0.2) is 10.7 Å². The molecule has 2 rings (SSSR count). The molecule has 2 aromatic heterocycles. The molecule has 0 bridgehead atoms. The van der Waals surface area contributed by atoms with Crippen molar-refractivity contribution < 1.29 is 4.52 Å². The minimum Gasteiger partial charge on any atom is -0.332 e. The summed E-state index contributed by atoms with van der Waals surface area (Å²) in [6.07, 6.45) is 1.72. The summed E-state index contributed by atoms with van der Waals surface area (Å²) in [7, 11) is 0. The van der Waals surface area contributed by atoms with E-state index >= 15 is 0 Å². The number of anilines is 1. The fraction of sp³-hybridized carbons (Fsp3) is 0.600. The van der Waals surface area contributed by atoms with Crippen LogP contribution in [0.1, 0.15) is 38.2 Å². The molecule has 0 saturated heterocycles. The molecule has 0 unspecified atom stereocenters. The quantitative estimate of drug-likeness (QED) is 0.845. The zero-order valence-corrected chi connectivity index (χ0v) is 10.2. The number of hydrogen-bond acceptors (Lipinski definition) is 6. The number of aromatic nitrogens is 5. The normalized spacial score (nSPS) is 11.1. The average molecular weight is 236 g/mol. The van der Waals surface area contributed by atoms with Crippen LogP contribution in [0.4, 0.5) is 6.01 Å². The van der Waals surface area contributed by atoms with Crippen molar-refractivity contribution in [3.63, 3.8) is 0 Å². The Kier molecular flexibility index (Phi) is 3.36. The third-order valence-corrected chi connectivity index (χ3v) is 2.25. The van der Waals surface area contributed by atoms with Gasteiger partial charge in [-0.2, -0.15) is 20.0 Å². The van der Waals surface area contributed by atoms with E-state index in [4.69, 9.17) is 4.52 Å². The van der Waals surface area contributed by atoms with Crippen molar-refractivity contribution in [2.75, 3.05) is 5.32 Å². The van der Waals surface area contributed by atoms with Gasteiger partial charge in [0, 0.05) is 5.92 Å². The number of hydrogen-bond donors (Lipinski definition) is 1. The Balaban J connectivity index is 1.92. The zero-order valence-electron chi connectivity index (χ0n) is 10.2. The van der Waals surface area contributed by atoms with Crippen molar-refractivity contribution >= 4 is 6.01 Å². The van der Waals surface area contributed by atoms with E-state index in [9.17, 15) is 0 Å². The molecule has 0 aliphatic rings. The Morgan fingerprint density at radius 1 is 1.47 bits per heavy atom. The van der Waals surface area contributed by atoms with Gasteiger partial charge in [-0.15, -0.1) is 0 Å². The SMILES string of the molecule is CCn1ncc(CNc2nc(C(C)C)no2)n1. The van der Waals surface area contributed by atoms with Gasteiger partial charge < -0.3 is 9.84 Å². The van der Waals surface area contributed by atoms with Crippen molar-refractivity contribution in [3.05, 3.63) is 17.7 Å². The van der Waals surface area contributed by atoms with Gasteiger partial charge in [0.15, 0.2) is 5.82 Å². The second-order valence-corrected chi connectivity index (χ2v) is 3.99. The maximum absolute atomic E-state index is 5.05. The van der Waals surface area contributed by atoms with E-state index in [0.717, 1.165) is 12.2 Å². The van der Waals surface area contributed by atoms with E-state index in [2.05, 4.69) is 25.7 Å². The lowest BCUT2D eigenvalue weighted by molar-refractivity contribution is 0.419. The van der Waals surface area contributed by atoms with E-state index in [1.165, 1.54) is 0 Å². The fourth-order valence-electron chi connectivity index (χ4n) is 1.27. The summed E-state index contributed by atoms with van der Waals surface area (Å²) in [5.74, 6) is 0.958. The molecule has 7 nitrogen and oxygen atoms in total. The molecule has 0 aromatic carbocycles. The number of nitrogens with zero attached hydrogens (tertiary/aromatic N) is 5. The third-order valence-electron chi connectivity index (χ3n) is 2.25. The van der Waals surface area contributed by atoms with Crippen LogP contribution in [0.25, 0.3) is 0 Å². The highest BCUT2D eigenvalue weighted by atomic mass is 16.5. The highest BCUT2D eigenvalue weighted by molar-refractivity contribution is 5.20. The first-order chi connectivity index (χ1) is 8.19. The molecule has 1 N–H and O–H groups in total. The first-order valence-electron chi connectivity index (χ1n) is 5.65. The summed E-state index contributed by atoms with van der Waals surface area (Å²) in [6, 6.07) is 0.416. The molecule has 7 heteroatoms. The molecular weight excluding hydrogens is 220 g/mol. The second-order valence-electron chi connectivity index (χ2n) is 3.99. The van der Waals surface area contributed by atoms with Gasteiger partial charge in [-0.25, -0.2) is 0 Å². The molecule has 2 aromatic rings. The average Bonchev–Trinajstić information content (AvgIpc) is 2.95. The molecule has 0 fully saturated rings. The molecule has 92 valence electrons. The molecule has 0 aliphatic carbocycles. The molecule has 0 radical (unpaired) electrons. The van der Waals surface area contributed by atoms with Crippen molar-refractivity contribution in [1.82, 2.24) is 25.1 Å². The van der Waals surface area contributed by atoms with Crippen molar-refractivity contribution in [2.45, 2.75) is 39.8 Å². The standard InChI is InChI=1S/C10H16N6O/c1-4-16-12-6-8(14-16)5-11-10-13-9(7(2)3)15-17-10/h6-7H,4-5H2,1-3H3,(H,11,13,15). The summed E-state index contributed by atoms with van der Waals surface area (Å²) < 4.78 is 5.05. The smallest absolute Gasteiger partial charge is 0.321 e. The van der Waals surface area contributed by atoms with Crippen LogP contribution in [-0.2, 0) is 13.1 Å². The van der Waals surface area contributed by atoms with Crippen LogP contribution >= 0.6 is 0 Å². The summed E-state index contributed by atoms with van der Waals surface area (Å²) in [5, 5.41) is 15.2. The van der Waals surface area contributed by atoms with Gasteiger partial charge in [-0.3, -0.25) is 0 Å². The van der Waals surface area contributed by atoms with E-state index in [1.807, 2.05) is 20.8 Å². The molecule has 0 saturated carbocycles. The lowest BCUT2D eigenvalue weighted by atomic mass is 10.2. The highest BCUT2D eigenvalue weighted by Gasteiger charge is 2.09. The van der Waals surface area contributed by atoms with Crippen LogP contribution in [0.3, 0.4) is 0 Å². The van der Waals surface area contributed by atoms with Gasteiger partial charge >= 0.3 is 6.01 Å². The van der Waals surface area contributed by atoms with Gasteiger partial charge in [0.1, 0.15) is 5.69 Å². The first-order valence-corrected chi connectivity index (χ1v) is 5.65. The van der Waals surface area contributed by atoms with Gasteiger partial charge in [-0.05, 0) is 6.92 Å². The summed E-state index contributed by atoms with van der Waals surface area (Å²) in [5.41, 5.74) is 0.844. The van der Waals surface area contributed by atoms with E-state index < -0.39 is 0 Å². The predicted octanol–water partition coefficient (Wildman–Crippen LogP) is 1.42. The van der Waals surface area contributed by atoms with Crippen LogP contribution in [0, 0.1) is 0 Å². The van der Waals surface area contributed by atoms with Crippen LogP contribution in [0.5, 0.6) is 0 Å². The Morgan fingerprint density at radius 2 is 2.29 bits per heavy atom.